The first-order valence-electron chi connectivity index (χ1n) is 12.8. The van der Waals surface area contributed by atoms with Gasteiger partial charge in [0.2, 0.25) is 0 Å². The van der Waals surface area contributed by atoms with E-state index in [4.69, 9.17) is 14.6 Å². The van der Waals surface area contributed by atoms with Gasteiger partial charge in [-0.05, 0) is 74.4 Å². The van der Waals surface area contributed by atoms with E-state index in [-0.39, 0.29) is 24.3 Å². The molecule has 2 unspecified atom stereocenters. The summed E-state index contributed by atoms with van der Waals surface area (Å²) in [6.07, 6.45) is 1.62. The highest BCUT2D eigenvalue weighted by Gasteiger charge is 2.38. The number of carbonyl (C=O) groups is 2. The third kappa shape index (κ3) is 6.46. The molecule has 1 amide bonds. The predicted molar refractivity (Wildman–Crippen MR) is 137 cm³/mol. The number of amides is 1. The van der Waals surface area contributed by atoms with E-state index in [0.29, 0.717) is 23.5 Å². The number of benzene rings is 2. The maximum atomic E-state index is 12.7. The van der Waals surface area contributed by atoms with E-state index in [1.54, 1.807) is 24.3 Å². The molecule has 204 valence electrons. The Morgan fingerprint density at radius 1 is 1.16 bits per heavy atom. The Morgan fingerprint density at radius 2 is 1.92 bits per heavy atom. The van der Waals surface area contributed by atoms with Crippen LogP contribution in [0.15, 0.2) is 47.6 Å². The van der Waals surface area contributed by atoms with Crippen LogP contribution in [0.5, 0.6) is 11.5 Å². The van der Waals surface area contributed by atoms with E-state index in [0.717, 1.165) is 49.7 Å². The molecule has 7 nitrogen and oxygen atoms in total. The Morgan fingerprint density at radius 3 is 2.58 bits per heavy atom. The quantitative estimate of drug-likeness (QED) is 0.419. The van der Waals surface area contributed by atoms with Crippen LogP contribution in [0, 0.1) is 5.92 Å². The lowest BCUT2D eigenvalue weighted by molar-refractivity contribution is -0.167. The fraction of sp³-hybridized carbons (Fsp3) is 0.464. The average molecular weight is 532 g/mol. The number of hydrogen-bond acceptors (Lipinski definition) is 6. The van der Waals surface area contributed by atoms with Crippen LogP contribution in [0.25, 0.3) is 0 Å². The minimum atomic E-state index is -4.99. The number of anilines is 1. The summed E-state index contributed by atoms with van der Waals surface area (Å²) in [5.41, 5.74) is 2.30. The Kier molecular flexibility index (Phi) is 8.58. The smallest absolute Gasteiger partial charge is 0.471 e. The Bertz CT molecular complexity index is 1180. The van der Waals surface area contributed by atoms with Gasteiger partial charge in [0, 0.05) is 17.2 Å². The molecule has 2 aromatic rings. The van der Waals surface area contributed by atoms with Crippen LogP contribution in [0.3, 0.4) is 0 Å². The fourth-order valence-corrected chi connectivity index (χ4v) is 5.00. The van der Waals surface area contributed by atoms with Crippen LogP contribution in [0.4, 0.5) is 18.9 Å². The number of ether oxygens (including phenoxy) is 2. The minimum absolute atomic E-state index is 0.0176. The monoisotopic (exact) mass is 531 g/mol. The van der Waals surface area contributed by atoms with E-state index < -0.39 is 18.1 Å². The molecule has 2 aliphatic rings. The van der Waals surface area contributed by atoms with Crippen LogP contribution in [0.1, 0.15) is 56.6 Å². The zero-order valence-corrected chi connectivity index (χ0v) is 21.5. The summed E-state index contributed by atoms with van der Waals surface area (Å²) in [7, 11) is 1.60. The lowest BCUT2D eigenvalue weighted by atomic mass is 9.87. The van der Waals surface area contributed by atoms with Gasteiger partial charge in [-0.1, -0.05) is 19.1 Å². The number of methoxy groups -OCH3 is 1. The first kappa shape index (κ1) is 27.5. The number of alkyl halides is 3. The van der Waals surface area contributed by atoms with Crippen LogP contribution < -0.4 is 14.8 Å². The number of hydrazone groups is 1. The maximum Gasteiger partial charge on any atom is 0.471 e. The summed E-state index contributed by atoms with van der Waals surface area (Å²) in [5.74, 6) is -0.705. The molecule has 1 aliphatic heterocycles. The van der Waals surface area contributed by atoms with E-state index in [1.807, 2.05) is 30.4 Å². The lowest BCUT2D eigenvalue weighted by Crippen LogP contribution is -2.41. The van der Waals surface area contributed by atoms with Crippen molar-refractivity contribution in [3.63, 3.8) is 0 Å². The molecule has 0 bridgehead atoms. The number of nitrogens with zero attached hydrogens (tertiary/aromatic N) is 2. The number of halogens is 3. The van der Waals surface area contributed by atoms with Crippen molar-refractivity contribution in [3.05, 3.63) is 53.6 Å². The Hall–Kier alpha value is -3.56. The molecule has 0 radical (unpaired) electrons. The first-order valence-corrected chi connectivity index (χ1v) is 12.8. The van der Waals surface area contributed by atoms with E-state index >= 15 is 0 Å². The van der Waals surface area contributed by atoms with Crippen molar-refractivity contribution in [2.75, 3.05) is 12.4 Å². The normalized spacial score (nSPS) is 20.1. The molecule has 10 heteroatoms. The third-order valence-corrected chi connectivity index (χ3v) is 7.02. The number of hydrogen-bond donors (Lipinski definition) is 1. The number of aldehydes is 1. The summed E-state index contributed by atoms with van der Waals surface area (Å²) in [4.78, 5) is 23.3. The van der Waals surface area contributed by atoms with Gasteiger partial charge in [-0.3, -0.25) is 9.80 Å². The van der Waals surface area contributed by atoms with Crippen molar-refractivity contribution >= 4 is 23.6 Å². The van der Waals surface area contributed by atoms with Crippen molar-refractivity contribution in [2.45, 2.75) is 70.3 Å². The fourth-order valence-electron chi connectivity index (χ4n) is 5.00. The second-order valence-corrected chi connectivity index (χ2v) is 9.67. The average Bonchev–Trinajstić information content (AvgIpc) is 3.41. The first-order chi connectivity index (χ1) is 18.2. The van der Waals surface area contributed by atoms with E-state index in [2.05, 4.69) is 0 Å². The van der Waals surface area contributed by atoms with Crippen molar-refractivity contribution in [3.8, 4) is 11.5 Å². The molecule has 38 heavy (non-hydrogen) atoms. The van der Waals surface area contributed by atoms with E-state index in [9.17, 15) is 22.8 Å². The summed E-state index contributed by atoms with van der Waals surface area (Å²) < 4.78 is 49.8. The summed E-state index contributed by atoms with van der Waals surface area (Å²) in [5, 5.41) is 8.39. The SMILES string of the molecule is CCC1CC(C=O)N(Cc2cccc(NC(=O)C(F)(F)F)c2)N=C1c1ccc(OC)c(OC2CCCC2)c1. The molecule has 4 rings (SSSR count). The van der Waals surface area contributed by atoms with Crippen LogP contribution in [-0.2, 0) is 16.1 Å². The zero-order valence-electron chi connectivity index (χ0n) is 21.5. The van der Waals surface area contributed by atoms with Crippen molar-refractivity contribution in [1.29, 1.82) is 0 Å². The molecule has 2 aromatic carbocycles. The molecule has 1 saturated carbocycles. The molecule has 1 aliphatic carbocycles. The second-order valence-electron chi connectivity index (χ2n) is 9.67. The highest BCUT2D eigenvalue weighted by atomic mass is 19.4. The van der Waals surface area contributed by atoms with Gasteiger partial charge in [0.25, 0.3) is 0 Å². The lowest BCUT2D eigenvalue weighted by Gasteiger charge is -2.35. The number of nitrogens with one attached hydrogen (secondary N) is 1. The minimum Gasteiger partial charge on any atom is -0.493 e. The van der Waals surface area contributed by atoms with Crippen molar-refractivity contribution in [2.24, 2.45) is 11.0 Å². The molecule has 0 aromatic heterocycles. The third-order valence-electron chi connectivity index (χ3n) is 7.02. The molecular formula is C28H32F3N3O4. The molecule has 1 heterocycles. The van der Waals surface area contributed by atoms with Crippen LogP contribution in [-0.4, -0.2) is 48.3 Å². The van der Waals surface area contributed by atoms with Gasteiger partial charge in [0.15, 0.2) is 11.5 Å². The summed E-state index contributed by atoms with van der Waals surface area (Å²) >= 11 is 0. The Labute approximate surface area is 220 Å². The van der Waals surface area contributed by atoms with Gasteiger partial charge in [0.05, 0.1) is 25.5 Å². The molecular weight excluding hydrogens is 499 g/mol. The highest BCUT2D eigenvalue weighted by Crippen LogP contribution is 2.35. The highest BCUT2D eigenvalue weighted by molar-refractivity contribution is 6.03. The second kappa shape index (κ2) is 11.9. The van der Waals surface area contributed by atoms with Crippen molar-refractivity contribution in [1.82, 2.24) is 5.01 Å². The predicted octanol–water partition coefficient (Wildman–Crippen LogP) is 5.72. The maximum absolute atomic E-state index is 12.7. The van der Waals surface area contributed by atoms with Crippen molar-refractivity contribution < 1.29 is 32.2 Å². The van der Waals surface area contributed by atoms with Gasteiger partial charge >= 0.3 is 12.1 Å². The standard InChI is InChI=1S/C28H32F3N3O4/c1-3-19-14-22(17-35)34(16-18-7-6-8-21(13-18)32-27(36)28(29,30)31)33-26(19)20-11-12-24(37-2)25(15-20)38-23-9-4-5-10-23/h6-8,11-13,15,17,19,22-23H,3-5,9-10,14,16H2,1-2H3,(H,32,36). The summed E-state index contributed by atoms with van der Waals surface area (Å²) in [6.45, 7) is 2.23. The molecule has 0 saturated heterocycles. The molecule has 1 fully saturated rings. The van der Waals surface area contributed by atoms with Gasteiger partial charge in [-0.25, -0.2) is 0 Å². The van der Waals surface area contributed by atoms with Gasteiger partial charge in [0.1, 0.15) is 12.3 Å². The largest absolute Gasteiger partial charge is 0.493 e. The molecule has 2 atom stereocenters. The van der Waals surface area contributed by atoms with Crippen LogP contribution in [0.2, 0.25) is 0 Å². The number of rotatable bonds is 9. The van der Waals surface area contributed by atoms with Gasteiger partial charge in [-0.15, -0.1) is 0 Å². The van der Waals surface area contributed by atoms with Crippen LogP contribution >= 0.6 is 0 Å². The Balaban J connectivity index is 1.62. The van der Waals surface area contributed by atoms with Gasteiger partial charge in [-0.2, -0.15) is 18.3 Å². The van der Waals surface area contributed by atoms with E-state index in [1.165, 1.54) is 12.1 Å². The van der Waals surface area contributed by atoms with Gasteiger partial charge < -0.3 is 19.6 Å². The zero-order chi connectivity index (χ0) is 27.3. The molecule has 0 spiro atoms. The molecule has 1 N–H and O–H groups in total. The summed E-state index contributed by atoms with van der Waals surface area (Å²) in [6, 6.07) is 11.3. The number of carbonyl (C=O) groups excluding carboxylic acids is 2. The topological polar surface area (TPSA) is 80.2 Å².